The van der Waals surface area contributed by atoms with E-state index in [0.29, 0.717) is 0 Å². The summed E-state index contributed by atoms with van der Waals surface area (Å²) in [5, 5.41) is 113. The van der Waals surface area contributed by atoms with E-state index in [4.69, 9.17) is 23.7 Å². The molecule has 236 valence electrons. The average molecular weight is 589 g/mol. The van der Waals surface area contributed by atoms with Gasteiger partial charge in [-0.25, -0.2) is 0 Å². The molecule has 0 aromatic carbocycles. The smallest absolute Gasteiger partial charge is 0.184 e. The summed E-state index contributed by atoms with van der Waals surface area (Å²) in [6.07, 6.45) is -23.2. The Kier molecular flexibility index (Phi) is 10.9. The molecular weight excluding hydrogens is 544 g/mol. The Labute approximate surface area is 230 Å². The molecular formula is C24H44O16. The number of aliphatic hydroxyl groups excluding tert-OH is 11. The van der Waals surface area contributed by atoms with Gasteiger partial charge in [-0.1, -0.05) is 0 Å². The van der Waals surface area contributed by atoms with Crippen molar-refractivity contribution in [2.75, 3.05) is 19.8 Å². The Morgan fingerprint density at radius 3 is 1.30 bits per heavy atom. The molecule has 0 amide bonds. The third-order valence-corrected chi connectivity index (χ3v) is 7.85. The molecule has 3 fully saturated rings. The van der Waals surface area contributed by atoms with E-state index < -0.39 is 123 Å². The van der Waals surface area contributed by atoms with E-state index in [0.717, 1.165) is 0 Å². The van der Waals surface area contributed by atoms with Crippen molar-refractivity contribution in [2.24, 2.45) is 0 Å². The summed E-state index contributed by atoms with van der Waals surface area (Å²) < 4.78 is 28.2. The van der Waals surface area contributed by atoms with Crippen molar-refractivity contribution < 1.29 is 79.9 Å². The van der Waals surface area contributed by atoms with Crippen LogP contribution in [0.15, 0.2) is 0 Å². The normalized spacial score (nSPS) is 47.3. The predicted octanol–water partition coefficient (Wildman–Crippen LogP) is -5.93. The van der Waals surface area contributed by atoms with Crippen molar-refractivity contribution in [3.8, 4) is 0 Å². The molecule has 0 bridgehead atoms. The maximum absolute atomic E-state index is 11.3. The highest BCUT2D eigenvalue weighted by Crippen LogP contribution is 2.38. The highest BCUT2D eigenvalue weighted by atomic mass is 16.7. The number of ether oxygens (including phenoxy) is 5. The fraction of sp³-hybridized carbons (Fsp3) is 1.00. The largest absolute Gasteiger partial charge is 0.394 e. The minimum absolute atomic E-state index is 0.685. The topological polar surface area (TPSA) is 269 Å². The van der Waals surface area contributed by atoms with Crippen LogP contribution in [0.2, 0.25) is 0 Å². The maximum Gasteiger partial charge on any atom is 0.184 e. The molecule has 0 aromatic heterocycles. The summed E-state index contributed by atoms with van der Waals surface area (Å²) in [7, 11) is 0. The van der Waals surface area contributed by atoms with Crippen LogP contribution in [-0.4, -0.2) is 179 Å². The van der Waals surface area contributed by atoms with Gasteiger partial charge in [0.15, 0.2) is 6.29 Å². The molecule has 15 atom stereocenters. The van der Waals surface area contributed by atoms with Crippen LogP contribution in [0, 0.1) is 0 Å². The Hall–Kier alpha value is -0.640. The second-order valence-corrected chi connectivity index (χ2v) is 11.6. The molecule has 2 unspecified atom stereocenters. The highest BCUT2D eigenvalue weighted by molar-refractivity contribution is 5.04. The fourth-order valence-electron chi connectivity index (χ4n) is 5.52. The molecule has 0 radical (unpaired) electrons. The molecule has 16 heteroatoms. The average Bonchev–Trinajstić information content (AvgIpc) is 2.89. The van der Waals surface area contributed by atoms with Crippen molar-refractivity contribution >= 4 is 0 Å². The first-order valence-corrected chi connectivity index (χ1v) is 13.1. The van der Waals surface area contributed by atoms with Crippen LogP contribution in [0.25, 0.3) is 0 Å². The lowest BCUT2D eigenvalue weighted by atomic mass is 9.84. The van der Waals surface area contributed by atoms with Gasteiger partial charge < -0.3 is 79.9 Å². The maximum atomic E-state index is 11.3. The van der Waals surface area contributed by atoms with Crippen LogP contribution in [-0.2, 0) is 23.7 Å². The zero-order valence-corrected chi connectivity index (χ0v) is 22.7. The summed E-state index contributed by atoms with van der Waals surface area (Å²) in [6.45, 7) is 3.57. The van der Waals surface area contributed by atoms with Crippen LogP contribution in [0.4, 0.5) is 0 Å². The van der Waals surface area contributed by atoms with Gasteiger partial charge in [-0.3, -0.25) is 0 Å². The van der Waals surface area contributed by atoms with E-state index in [1.807, 2.05) is 0 Å². The fourth-order valence-corrected chi connectivity index (χ4v) is 5.52. The van der Waals surface area contributed by atoms with Gasteiger partial charge in [-0.15, -0.1) is 0 Å². The third kappa shape index (κ3) is 6.47. The minimum Gasteiger partial charge on any atom is -0.394 e. The first-order valence-electron chi connectivity index (χ1n) is 13.1. The van der Waals surface area contributed by atoms with Gasteiger partial charge in [0.1, 0.15) is 85.5 Å². The van der Waals surface area contributed by atoms with Crippen LogP contribution >= 0.6 is 0 Å². The Balaban J connectivity index is 1.86. The second-order valence-electron chi connectivity index (χ2n) is 11.6. The van der Waals surface area contributed by atoms with Crippen molar-refractivity contribution in [3.05, 3.63) is 0 Å². The molecule has 0 saturated carbocycles. The summed E-state index contributed by atoms with van der Waals surface area (Å²) in [6, 6.07) is 0. The van der Waals surface area contributed by atoms with Crippen molar-refractivity contribution in [1.29, 1.82) is 0 Å². The number of aliphatic hydroxyl groups is 11. The third-order valence-electron chi connectivity index (χ3n) is 7.85. The second kappa shape index (κ2) is 12.9. The molecule has 3 rings (SSSR count). The molecule has 3 saturated heterocycles. The van der Waals surface area contributed by atoms with Crippen LogP contribution in [0.5, 0.6) is 0 Å². The Morgan fingerprint density at radius 2 is 0.850 bits per heavy atom. The van der Waals surface area contributed by atoms with E-state index in [1.54, 1.807) is 0 Å². The lowest BCUT2D eigenvalue weighted by molar-refractivity contribution is -0.342. The first-order chi connectivity index (χ1) is 18.5. The monoisotopic (exact) mass is 588 g/mol. The summed E-state index contributed by atoms with van der Waals surface area (Å²) in [5.41, 5.74) is -3.19. The number of rotatable bonds is 9. The summed E-state index contributed by atoms with van der Waals surface area (Å²) in [4.78, 5) is 0. The zero-order valence-electron chi connectivity index (χ0n) is 22.7. The van der Waals surface area contributed by atoms with Gasteiger partial charge in [0.05, 0.1) is 31.0 Å². The van der Waals surface area contributed by atoms with Crippen LogP contribution in [0.3, 0.4) is 0 Å². The van der Waals surface area contributed by atoms with Gasteiger partial charge in [0.25, 0.3) is 0 Å². The predicted molar refractivity (Wildman–Crippen MR) is 129 cm³/mol. The Bertz CT molecular complexity index is 812. The SMILES string of the molecule is CC(C)(O[C@H]1[C@H](O)[C@@H](CO)OC(C(C)(C)O[C@@H]2[C@@H](O)[C@@H](O)O[C@H](CO)[C@H]2O)[C@@H]1O)C1O[C@H](CO)[C@@H](O)[C@H](O)[C@H]1O. The van der Waals surface area contributed by atoms with Crippen molar-refractivity contribution in [2.45, 2.75) is 131 Å². The molecule has 11 N–H and O–H groups in total. The van der Waals surface area contributed by atoms with E-state index >= 15 is 0 Å². The highest BCUT2D eigenvalue weighted by Gasteiger charge is 2.57. The quantitative estimate of drug-likeness (QED) is 0.120. The van der Waals surface area contributed by atoms with Gasteiger partial charge in [0, 0.05) is 0 Å². The Morgan fingerprint density at radius 1 is 0.475 bits per heavy atom. The molecule has 3 heterocycles. The van der Waals surface area contributed by atoms with Gasteiger partial charge in [-0.05, 0) is 27.7 Å². The molecule has 40 heavy (non-hydrogen) atoms. The minimum atomic E-state index is -1.80. The lowest BCUT2D eigenvalue weighted by Crippen LogP contribution is -2.70. The van der Waals surface area contributed by atoms with Gasteiger partial charge >= 0.3 is 0 Å². The van der Waals surface area contributed by atoms with Gasteiger partial charge in [0.2, 0.25) is 0 Å². The van der Waals surface area contributed by atoms with Crippen molar-refractivity contribution in [1.82, 2.24) is 0 Å². The van der Waals surface area contributed by atoms with Crippen molar-refractivity contribution in [3.63, 3.8) is 0 Å². The van der Waals surface area contributed by atoms with Crippen LogP contribution in [0.1, 0.15) is 27.7 Å². The number of hydrogen-bond acceptors (Lipinski definition) is 16. The lowest BCUT2D eigenvalue weighted by Gasteiger charge is -2.52. The standard InChI is InChI=1S/C24H44O16/c1-23(2,20-15(32)14(31)11(28)8(5-25)36-20)39-18-12(29)9(6-26)37-21(16(18)33)24(3,4)40-19-13(30)10(7-27)38-22(35)17(19)34/h8-22,25-35H,5-7H2,1-4H3/t8-,9-,10-,11-,12-,13-,14+,15-,16-,17-,18+,19+,20?,21?,22+/m1/s1. The molecule has 0 spiro atoms. The molecule has 0 aromatic rings. The first kappa shape index (κ1) is 33.9. The molecule has 0 aliphatic carbocycles. The van der Waals surface area contributed by atoms with E-state index in [1.165, 1.54) is 27.7 Å². The molecule has 3 aliphatic rings. The van der Waals surface area contributed by atoms with Gasteiger partial charge in [-0.2, -0.15) is 0 Å². The van der Waals surface area contributed by atoms with E-state index in [-0.39, 0.29) is 0 Å². The summed E-state index contributed by atoms with van der Waals surface area (Å²) in [5.74, 6) is 0. The number of hydrogen-bond donors (Lipinski definition) is 11. The van der Waals surface area contributed by atoms with E-state index in [9.17, 15) is 56.2 Å². The zero-order chi connectivity index (χ0) is 30.3. The molecule has 3 aliphatic heterocycles. The van der Waals surface area contributed by atoms with Crippen LogP contribution < -0.4 is 0 Å². The summed E-state index contributed by atoms with van der Waals surface area (Å²) >= 11 is 0. The van der Waals surface area contributed by atoms with E-state index in [2.05, 4.69) is 0 Å². The molecule has 16 nitrogen and oxygen atoms in total.